The number of carbonyl (C=O) groups excluding carboxylic acids is 1. The van der Waals surface area contributed by atoms with Gasteiger partial charge >= 0.3 is 0 Å². The zero-order chi connectivity index (χ0) is 17.9. The van der Waals surface area contributed by atoms with Crippen LogP contribution in [0.3, 0.4) is 0 Å². The predicted molar refractivity (Wildman–Crippen MR) is 103 cm³/mol. The maximum atomic E-state index is 11.8. The Morgan fingerprint density at radius 3 is 2.50 bits per heavy atom. The summed E-state index contributed by atoms with van der Waals surface area (Å²) in [4.78, 5) is 17.8. The molecular formula is C17H34N4O2S. The molecule has 1 saturated carbocycles. The van der Waals surface area contributed by atoms with E-state index in [1.54, 1.807) is 30.8 Å². The van der Waals surface area contributed by atoms with Gasteiger partial charge in [-0.05, 0) is 45.8 Å². The van der Waals surface area contributed by atoms with Crippen LogP contribution in [-0.4, -0.2) is 74.2 Å². The van der Waals surface area contributed by atoms with Crippen LogP contribution in [0.2, 0.25) is 0 Å². The summed E-state index contributed by atoms with van der Waals surface area (Å²) < 4.78 is 5.90. The van der Waals surface area contributed by atoms with Crippen LogP contribution in [0, 0.1) is 0 Å². The number of rotatable bonds is 8. The third kappa shape index (κ3) is 8.78. The second kappa shape index (κ2) is 11.6. The van der Waals surface area contributed by atoms with Gasteiger partial charge in [-0.3, -0.25) is 4.79 Å². The van der Waals surface area contributed by atoms with Crippen molar-refractivity contribution in [1.29, 1.82) is 0 Å². The number of thioether (sulfide) groups is 1. The molecule has 0 aromatic rings. The Kier molecular flexibility index (Phi) is 10.2. The highest BCUT2D eigenvalue weighted by Gasteiger charge is 2.23. The number of guanidine groups is 1. The van der Waals surface area contributed by atoms with Crippen molar-refractivity contribution in [2.24, 2.45) is 4.99 Å². The van der Waals surface area contributed by atoms with E-state index in [4.69, 9.17) is 4.74 Å². The minimum Gasteiger partial charge on any atom is -0.376 e. The van der Waals surface area contributed by atoms with E-state index >= 15 is 0 Å². The first kappa shape index (κ1) is 21.1. The molecule has 1 rings (SSSR count). The lowest BCUT2D eigenvalue weighted by Gasteiger charge is -2.31. The van der Waals surface area contributed by atoms with Crippen LogP contribution in [0.5, 0.6) is 0 Å². The van der Waals surface area contributed by atoms with Gasteiger partial charge in [0.2, 0.25) is 5.91 Å². The Labute approximate surface area is 151 Å². The average molecular weight is 359 g/mol. The summed E-state index contributed by atoms with van der Waals surface area (Å²) in [6.07, 6.45) is 7.04. The number of amides is 1. The van der Waals surface area contributed by atoms with Crippen LogP contribution in [0.4, 0.5) is 0 Å². The van der Waals surface area contributed by atoms with Crippen molar-refractivity contribution in [1.82, 2.24) is 15.5 Å². The Morgan fingerprint density at radius 1 is 1.29 bits per heavy atom. The number of nitrogens with zero attached hydrogens (tertiary/aromatic N) is 2. The van der Waals surface area contributed by atoms with Crippen molar-refractivity contribution in [3.05, 3.63) is 0 Å². The standard InChI is InChI=1S/C17H34N4O2S/c1-13(2)23-15-8-6-14(7-9-15)20-17(18-10-11-24-5)19-12-16(22)21(3)4/h13-15H,6-12H2,1-5H3,(H2,18,19,20). The molecule has 1 amide bonds. The van der Waals surface area contributed by atoms with Crippen molar-refractivity contribution >= 4 is 23.6 Å². The van der Waals surface area contributed by atoms with Crippen molar-refractivity contribution in [3.8, 4) is 0 Å². The number of nitrogens with one attached hydrogen (secondary N) is 2. The number of aliphatic imine (C=N–C) groups is 1. The van der Waals surface area contributed by atoms with Gasteiger partial charge in [0.1, 0.15) is 6.54 Å². The lowest BCUT2D eigenvalue weighted by molar-refractivity contribution is -0.127. The summed E-state index contributed by atoms with van der Waals surface area (Å²) in [5.41, 5.74) is 0. The fourth-order valence-corrected chi connectivity index (χ4v) is 2.94. The second-order valence-corrected chi connectivity index (χ2v) is 7.66. The molecule has 140 valence electrons. The molecule has 0 aromatic heterocycles. The van der Waals surface area contributed by atoms with Gasteiger partial charge in [0, 0.05) is 32.4 Å². The third-order valence-electron chi connectivity index (χ3n) is 3.95. The minimum absolute atomic E-state index is 0.00927. The fourth-order valence-electron chi connectivity index (χ4n) is 2.63. The summed E-state index contributed by atoms with van der Waals surface area (Å²) in [7, 11) is 3.50. The van der Waals surface area contributed by atoms with E-state index in [0.29, 0.717) is 18.2 Å². The summed E-state index contributed by atoms with van der Waals surface area (Å²) in [5.74, 6) is 1.76. The molecule has 0 aromatic carbocycles. The molecule has 1 fully saturated rings. The monoisotopic (exact) mass is 358 g/mol. The van der Waals surface area contributed by atoms with Gasteiger partial charge in [-0.2, -0.15) is 11.8 Å². The topological polar surface area (TPSA) is 66.0 Å². The Bertz CT molecular complexity index is 394. The summed E-state index contributed by atoms with van der Waals surface area (Å²) >= 11 is 1.79. The van der Waals surface area contributed by atoms with E-state index in [9.17, 15) is 4.79 Å². The van der Waals surface area contributed by atoms with Crippen molar-refractivity contribution in [2.45, 2.75) is 57.8 Å². The third-order valence-corrected chi connectivity index (χ3v) is 4.56. The first-order valence-corrected chi connectivity index (χ1v) is 10.2. The molecule has 0 spiro atoms. The molecule has 0 aliphatic heterocycles. The molecule has 0 unspecified atom stereocenters. The molecule has 0 atom stereocenters. The maximum absolute atomic E-state index is 11.8. The lowest BCUT2D eigenvalue weighted by atomic mass is 9.93. The summed E-state index contributed by atoms with van der Waals surface area (Å²) in [5, 5.41) is 6.81. The quantitative estimate of drug-likeness (QED) is 0.393. The van der Waals surface area contributed by atoms with Gasteiger partial charge in [-0.15, -0.1) is 0 Å². The van der Waals surface area contributed by atoms with Crippen LogP contribution in [0.1, 0.15) is 39.5 Å². The van der Waals surface area contributed by atoms with Gasteiger partial charge in [0.25, 0.3) is 0 Å². The van der Waals surface area contributed by atoms with E-state index < -0.39 is 0 Å². The number of likely N-dealkylation sites (N-methyl/N-ethyl adjacent to an activating group) is 1. The van der Waals surface area contributed by atoms with E-state index in [-0.39, 0.29) is 12.5 Å². The number of carbonyl (C=O) groups is 1. The van der Waals surface area contributed by atoms with Gasteiger partial charge in [0.05, 0.1) is 12.2 Å². The molecule has 0 heterocycles. The molecule has 0 bridgehead atoms. The number of ether oxygens (including phenoxy) is 1. The summed E-state index contributed by atoms with van der Waals surface area (Å²) in [6.45, 7) is 5.20. The van der Waals surface area contributed by atoms with Crippen LogP contribution in [0.25, 0.3) is 0 Å². The zero-order valence-corrected chi connectivity index (χ0v) is 16.6. The Balaban J connectivity index is 2.49. The summed E-state index contributed by atoms with van der Waals surface area (Å²) in [6, 6.07) is 0.395. The largest absolute Gasteiger partial charge is 0.376 e. The molecule has 0 saturated heterocycles. The highest BCUT2D eigenvalue weighted by Crippen LogP contribution is 2.22. The maximum Gasteiger partial charge on any atom is 0.243 e. The van der Waals surface area contributed by atoms with Crippen LogP contribution >= 0.6 is 11.8 Å². The minimum atomic E-state index is 0.00927. The molecule has 6 nitrogen and oxygen atoms in total. The second-order valence-electron chi connectivity index (χ2n) is 6.68. The Hall–Kier alpha value is -0.950. The Morgan fingerprint density at radius 2 is 1.96 bits per heavy atom. The van der Waals surface area contributed by atoms with Crippen molar-refractivity contribution in [2.75, 3.05) is 39.2 Å². The van der Waals surface area contributed by atoms with E-state index in [1.807, 2.05) is 0 Å². The fraction of sp³-hybridized carbons (Fsp3) is 0.882. The zero-order valence-electron chi connectivity index (χ0n) is 15.8. The van der Waals surface area contributed by atoms with Gasteiger partial charge in [-0.1, -0.05) is 0 Å². The van der Waals surface area contributed by atoms with Crippen LogP contribution < -0.4 is 10.6 Å². The van der Waals surface area contributed by atoms with E-state index in [2.05, 4.69) is 35.7 Å². The first-order chi connectivity index (χ1) is 11.4. The molecule has 24 heavy (non-hydrogen) atoms. The average Bonchev–Trinajstić information content (AvgIpc) is 2.53. The molecule has 7 heteroatoms. The van der Waals surface area contributed by atoms with Crippen LogP contribution in [-0.2, 0) is 9.53 Å². The van der Waals surface area contributed by atoms with Gasteiger partial charge < -0.3 is 20.3 Å². The SMILES string of the molecule is CSCCNC(=NCC(=O)N(C)C)NC1CCC(OC(C)C)CC1. The number of hydrogen-bond acceptors (Lipinski definition) is 4. The lowest BCUT2D eigenvalue weighted by Crippen LogP contribution is -2.46. The highest BCUT2D eigenvalue weighted by atomic mass is 32.2. The number of hydrogen-bond donors (Lipinski definition) is 2. The molecule has 0 radical (unpaired) electrons. The van der Waals surface area contributed by atoms with Crippen LogP contribution in [0.15, 0.2) is 4.99 Å². The van der Waals surface area contributed by atoms with Crippen molar-refractivity contribution in [3.63, 3.8) is 0 Å². The van der Waals surface area contributed by atoms with E-state index in [0.717, 1.165) is 43.9 Å². The van der Waals surface area contributed by atoms with Gasteiger partial charge in [0.15, 0.2) is 5.96 Å². The molecular weight excluding hydrogens is 324 g/mol. The van der Waals surface area contributed by atoms with E-state index in [1.165, 1.54) is 0 Å². The highest BCUT2D eigenvalue weighted by molar-refractivity contribution is 7.98. The van der Waals surface area contributed by atoms with Crippen molar-refractivity contribution < 1.29 is 9.53 Å². The smallest absolute Gasteiger partial charge is 0.243 e. The normalized spacial score (nSPS) is 21.7. The molecule has 1 aliphatic carbocycles. The molecule has 2 N–H and O–H groups in total. The molecule has 1 aliphatic rings. The predicted octanol–water partition coefficient (Wildman–Crippen LogP) is 1.71. The first-order valence-electron chi connectivity index (χ1n) is 8.81. The van der Waals surface area contributed by atoms with Gasteiger partial charge in [-0.25, -0.2) is 4.99 Å².